The molecule has 0 aliphatic carbocycles. The zero-order valence-corrected chi connectivity index (χ0v) is 10.4. The minimum Gasteiger partial charge on any atom is -0.322 e. The summed E-state index contributed by atoms with van der Waals surface area (Å²) in [6, 6.07) is 3.79. The van der Waals surface area contributed by atoms with Gasteiger partial charge < -0.3 is 5.73 Å². The molecule has 1 unspecified atom stereocenters. The summed E-state index contributed by atoms with van der Waals surface area (Å²) in [5.41, 5.74) is 9.14. The number of aryl methyl sites for hydroxylation is 3. The average Bonchev–Trinajstić information content (AvgIpc) is 2.57. The van der Waals surface area contributed by atoms with Gasteiger partial charge in [-0.15, -0.1) is 0 Å². The van der Waals surface area contributed by atoms with Crippen LogP contribution in [0.2, 0.25) is 0 Å². The number of nitrogens with two attached hydrogens (primary N) is 1. The van der Waals surface area contributed by atoms with E-state index in [4.69, 9.17) is 5.73 Å². The van der Waals surface area contributed by atoms with Crippen molar-refractivity contribution in [3.63, 3.8) is 0 Å². The van der Waals surface area contributed by atoms with Crippen molar-refractivity contribution in [2.75, 3.05) is 0 Å². The third-order valence-electron chi connectivity index (χ3n) is 2.71. The second-order valence-electron chi connectivity index (χ2n) is 4.24. The molecule has 0 radical (unpaired) electrons. The van der Waals surface area contributed by atoms with Crippen molar-refractivity contribution < 1.29 is 0 Å². The maximum Gasteiger partial charge on any atom is 0.125 e. The molecular formula is C12H17N5. The van der Waals surface area contributed by atoms with Crippen LogP contribution in [0.4, 0.5) is 0 Å². The Labute approximate surface area is 101 Å². The molecule has 2 N–H and O–H groups in total. The molecule has 0 amide bonds. The Balaban J connectivity index is 2.16. The first-order valence-corrected chi connectivity index (χ1v) is 5.61. The van der Waals surface area contributed by atoms with Crippen LogP contribution in [0.5, 0.6) is 0 Å². The normalized spacial score (nSPS) is 12.7. The molecule has 0 spiro atoms. The molecule has 0 aliphatic heterocycles. The van der Waals surface area contributed by atoms with Gasteiger partial charge >= 0.3 is 0 Å². The molecular weight excluding hydrogens is 214 g/mol. The first-order valence-electron chi connectivity index (χ1n) is 5.61. The van der Waals surface area contributed by atoms with E-state index in [0.29, 0.717) is 0 Å². The number of hydrogen-bond acceptors (Lipinski definition) is 4. The van der Waals surface area contributed by atoms with Gasteiger partial charge in [-0.1, -0.05) is 0 Å². The van der Waals surface area contributed by atoms with Crippen LogP contribution in [0.1, 0.15) is 28.9 Å². The van der Waals surface area contributed by atoms with E-state index in [-0.39, 0.29) is 6.04 Å². The molecule has 17 heavy (non-hydrogen) atoms. The lowest BCUT2D eigenvalue weighted by Crippen LogP contribution is -2.17. The molecule has 5 nitrogen and oxygen atoms in total. The van der Waals surface area contributed by atoms with Gasteiger partial charge in [0.15, 0.2) is 0 Å². The molecule has 0 fully saturated rings. The Morgan fingerprint density at radius 3 is 2.76 bits per heavy atom. The van der Waals surface area contributed by atoms with E-state index in [9.17, 15) is 0 Å². The van der Waals surface area contributed by atoms with Gasteiger partial charge in [-0.3, -0.25) is 4.68 Å². The largest absolute Gasteiger partial charge is 0.322 e. The highest BCUT2D eigenvalue weighted by molar-refractivity contribution is 5.14. The highest BCUT2D eigenvalue weighted by Crippen LogP contribution is 2.14. The number of aromatic nitrogens is 4. The lowest BCUT2D eigenvalue weighted by Gasteiger charge is -2.11. The van der Waals surface area contributed by atoms with Gasteiger partial charge in [-0.05, 0) is 26.0 Å². The standard InChI is InChI=1S/C12H17N5/c1-8-6-10(17(3)16-8)7-11(13)12-4-5-14-9(2)15-12/h4-6,11H,7,13H2,1-3H3. The van der Waals surface area contributed by atoms with Crippen molar-refractivity contribution in [1.29, 1.82) is 0 Å². The van der Waals surface area contributed by atoms with Crippen molar-refractivity contribution in [2.45, 2.75) is 26.3 Å². The number of rotatable bonds is 3. The van der Waals surface area contributed by atoms with E-state index < -0.39 is 0 Å². The molecule has 1 atom stereocenters. The quantitative estimate of drug-likeness (QED) is 0.857. The Morgan fingerprint density at radius 2 is 2.18 bits per heavy atom. The van der Waals surface area contributed by atoms with E-state index in [1.165, 1.54) is 0 Å². The average molecular weight is 231 g/mol. The Kier molecular flexibility index (Phi) is 3.19. The van der Waals surface area contributed by atoms with E-state index in [1.807, 2.05) is 37.7 Å². The smallest absolute Gasteiger partial charge is 0.125 e. The van der Waals surface area contributed by atoms with E-state index in [2.05, 4.69) is 15.1 Å². The fraction of sp³-hybridized carbons (Fsp3) is 0.417. The summed E-state index contributed by atoms with van der Waals surface area (Å²) in [6.07, 6.45) is 2.47. The Hall–Kier alpha value is -1.75. The van der Waals surface area contributed by atoms with Crippen molar-refractivity contribution >= 4 is 0 Å². The first-order chi connectivity index (χ1) is 8.06. The van der Waals surface area contributed by atoms with Crippen molar-refractivity contribution in [3.05, 3.63) is 41.2 Å². The summed E-state index contributed by atoms with van der Waals surface area (Å²) in [5.74, 6) is 0.749. The molecule has 2 aromatic rings. The molecule has 0 saturated carbocycles. The van der Waals surface area contributed by atoms with Gasteiger partial charge in [0.05, 0.1) is 17.4 Å². The predicted octanol–water partition coefficient (Wildman–Crippen LogP) is 1.07. The van der Waals surface area contributed by atoms with Crippen LogP contribution in [0.15, 0.2) is 18.3 Å². The third kappa shape index (κ3) is 2.68. The van der Waals surface area contributed by atoms with Gasteiger partial charge in [0.25, 0.3) is 0 Å². The van der Waals surface area contributed by atoms with Gasteiger partial charge in [-0.2, -0.15) is 5.10 Å². The summed E-state index contributed by atoms with van der Waals surface area (Å²) in [6.45, 7) is 3.84. The fourth-order valence-electron chi connectivity index (χ4n) is 1.87. The van der Waals surface area contributed by atoms with Gasteiger partial charge in [-0.25, -0.2) is 9.97 Å². The van der Waals surface area contributed by atoms with Crippen molar-refractivity contribution in [3.8, 4) is 0 Å². The minimum absolute atomic E-state index is 0.119. The Bertz CT molecular complexity index is 517. The maximum absolute atomic E-state index is 6.14. The molecule has 0 aromatic carbocycles. The molecule has 5 heteroatoms. The highest BCUT2D eigenvalue weighted by atomic mass is 15.3. The molecule has 0 aliphatic rings. The number of nitrogens with zero attached hydrogens (tertiary/aromatic N) is 4. The van der Waals surface area contributed by atoms with Crippen molar-refractivity contribution in [1.82, 2.24) is 19.7 Å². The van der Waals surface area contributed by atoms with Crippen LogP contribution in [0.3, 0.4) is 0 Å². The predicted molar refractivity (Wildman–Crippen MR) is 65.3 cm³/mol. The minimum atomic E-state index is -0.119. The van der Waals surface area contributed by atoms with Crippen LogP contribution in [0, 0.1) is 13.8 Å². The monoisotopic (exact) mass is 231 g/mol. The van der Waals surface area contributed by atoms with Crippen LogP contribution in [0.25, 0.3) is 0 Å². The lowest BCUT2D eigenvalue weighted by atomic mass is 10.1. The SMILES string of the molecule is Cc1cc(CC(N)c2ccnc(C)n2)n(C)n1. The summed E-state index contributed by atoms with van der Waals surface area (Å²) < 4.78 is 1.86. The summed E-state index contributed by atoms with van der Waals surface area (Å²) in [4.78, 5) is 8.41. The van der Waals surface area contributed by atoms with Gasteiger partial charge in [0, 0.05) is 25.4 Å². The lowest BCUT2D eigenvalue weighted by molar-refractivity contribution is 0.625. The molecule has 2 heterocycles. The molecule has 90 valence electrons. The summed E-state index contributed by atoms with van der Waals surface area (Å²) in [7, 11) is 1.93. The topological polar surface area (TPSA) is 69.6 Å². The fourth-order valence-corrected chi connectivity index (χ4v) is 1.87. The molecule has 2 rings (SSSR count). The maximum atomic E-state index is 6.14. The molecule has 2 aromatic heterocycles. The second kappa shape index (κ2) is 4.63. The zero-order valence-electron chi connectivity index (χ0n) is 10.4. The van der Waals surface area contributed by atoms with E-state index >= 15 is 0 Å². The molecule has 0 bridgehead atoms. The van der Waals surface area contributed by atoms with Crippen LogP contribution >= 0.6 is 0 Å². The highest BCUT2D eigenvalue weighted by Gasteiger charge is 2.12. The van der Waals surface area contributed by atoms with Crippen LogP contribution < -0.4 is 5.73 Å². The Morgan fingerprint density at radius 1 is 1.41 bits per heavy atom. The first kappa shape index (κ1) is 11.7. The summed E-state index contributed by atoms with van der Waals surface area (Å²) >= 11 is 0. The van der Waals surface area contributed by atoms with Gasteiger partial charge in [0.2, 0.25) is 0 Å². The van der Waals surface area contributed by atoms with E-state index in [0.717, 1.165) is 29.3 Å². The van der Waals surface area contributed by atoms with Crippen LogP contribution in [-0.4, -0.2) is 19.7 Å². The van der Waals surface area contributed by atoms with Crippen molar-refractivity contribution in [2.24, 2.45) is 12.8 Å². The van der Waals surface area contributed by atoms with E-state index in [1.54, 1.807) is 6.20 Å². The summed E-state index contributed by atoms with van der Waals surface area (Å²) in [5, 5.41) is 4.30. The number of hydrogen-bond donors (Lipinski definition) is 1. The molecule has 0 saturated heterocycles. The van der Waals surface area contributed by atoms with Gasteiger partial charge in [0.1, 0.15) is 5.82 Å². The van der Waals surface area contributed by atoms with Crippen LogP contribution in [-0.2, 0) is 13.5 Å². The second-order valence-corrected chi connectivity index (χ2v) is 4.24. The third-order valence-corrected chi connectivity index (χ3v) is 2.71. The zero-order chi connectivity index (χ0) is 12.4.